The number of ether oxygens (including phenoxy) is 1. The molecule has 0 aliphatic rings. The first kappa shape index (κ1) is 16.6. The molecule has 19 heavy (non-hydrogen) atoms. The lowest BCUT2D eigenvalue weighted by Crippen LogP contribution is -2.35. The van der Waals surface area contributed by atoms with Gasteiger partial charge in [0.1, 0.15) is 0 Å². The van der Waals surface area contributed by atoms with Crippen molar-refractivity contribution in [3.05, 3.63) is 16.4 Å². The van der Waals surface area contributed by atoms with E-state index in [0.29, 0.717) is 13.2 Å². The van der Waals surface area contributed by atoms with Crippen molar-refractivity contribution in [2.24, 2.45) is 0 Å². The van der Waals surface area contributed by atoms with Gasteiger partial charge in [-0.2, -0.15) is 5.10 Å². The van der Waals surface area contributed by atoms with Gasteiger partial charge >= 0.3 is 0 Å². The van der Waals surface area contributed by atoms with E-state index in [9.17, 15) is 8.42 Å². The van der Waals surface area contributed by atoms with Crippen LogP contribution in [0.2, 0.25) is 0 Å². The second kappa shape index (κ2) is 6.83. The Balaban J connectivity index is 3.14. The van der Waals surface area contributed by atoms with Crippen molar-refractivity contribution in [3.8, 4) is 0 Å². The van der Waals surface area contributed by atoms with Crippen molar-refractivity contribution in [3.63, 3.8) is 0 Å². The van der Waals surface area contributed by atoms with Gasteiger partial charge < -0.3 is 10.1 Å². The molecule has 2 atom stereocenters. The van der Waals surface area contributed by atoms with Crippen molar-refractivity contribution in [2.75, 3.05) is 27.0 Å². The summed E-state index contributed by atoms with van der Waals surface area (Å²) >= 11 is 3.43. The fraction of sp³-hybridized carbons (Fsp3) is 0.727. The molecule has 0 bridgehead atoms. The normalized spacial score (nSPS) is 15.4. The highest BCUT2D eigenvalue weighted by Gasteiger charge is 2.30. The van der Waals surface area contributed by atoms with E-state index in [-0.39, 0.29) is 6.04 Å². The molecule has 0 saturated heterocycles. The molecule has 0 radical (unpaired) electrons. The quantitative estimate of drug-likeness (QED) is 0.791. The van der Waals surface area contributed by atoms with Gasteiger partial charge in [0, 0.05) is 13.4 Å². The monoisotopic (exact) mass is 353 g/mol. The topological polar surface area (TPSA) is 73.2 Å². The number of rotatable bonds is 7. The van der Waals surface area contributed by atoms with Crippen LogP contribution in [0.5, 0.6) is 0 Å². The van der Waals surface area contributed by atoms with Gasteiger partial charge in [0.15, 0.2) is 9.84 Å². The van der Waals surface area contributed by atoms with Gasteiger partial charge in [-0.1, -0.05) is 0 Å². The molecule has 1 heterocycles. The summed E-state index contributed by atoms with van der Waals surface area (Å²) in [6, 6.07) is -0.330. The van der Waals surface area contributed by atoms with Crippen LogP contribution in [0, 0.1) is 0 Å². The number of methoxy groups -OCH3 is 1. The van der Waals surface area contributed by atoms with Crippen LogP contribution in [-0.2, 0) is 21.1 Å². The zero-order chi connectivity index (χ0) is 14.6. The Hall–Kier alpha value is -0.440. The van der Waals surface area contributed by atoms with Crippen LogP contribution in [0.25, 0.3) is 0 Å². The van der Waals surface area contributed by atoms with Gasteiger partial charge in [0.05, 0.1) is 40.8 Å². The minimum Gasteiger partial charge on any atom is -0.383 e. The molecule has 1 aromatic heterocycles. The second-order valence-corrected chi connectivity index (χ2v) is 7.65. The fourth-order valence-electron chi connectivity index (χ4n) is 1.88. The lowest BCUT2D eigenvalue weighted by Gasteiger charge is -2.23. The van der Waals surface area contributed by atoms with E-state index in [2.05, 4.69) is 26.3 Å². The standard InChI is InChI=1S/C11H20BrN3O3S/c1-8(19(4,16)17)10(13-2)11-9(12)7-14-15(11)5-6-18-3/h7-8,10,13H,5-6H2,1-4H3. The molecule has 0 aromatic carbocycles. The van der Waals surface area contributed by atoms with Crippen molar-refractivity contribution < 1.29 is 13.2 Å². The van der Waals surface area contributed by atoms with Gasteiger partial charge in [-0.05, 0) is 29.9 Å². The lowest BCUT2D eigenvalue weighted by molar-refractivity contribution is 0.181. The minimum absolute atomic E-state index is 0.330. The van der Waals surface area contributed by atoms with E-state index in [1.54, 1.807) is 32.0 Å². The molecule has 0 amide bonds. The summed E-state index contributed by atoms with van der Waals surface area (Å²) in [6.07, 6.45) is 2.91. The third-order valence-electron chi connectivity index (χ3n) is 3.09. The summed E-state index contributed by atoms with van der Waals surface area (Å²) in [5.74, 6) is 0. The van der Waals surface area contributed by atoms with Crippen LogP contribution < -0.4 is 5.32 Å². The third-order valence-corrected chi connectivity index (χ3v) is 5.32. The highest BCUT2D eigenvalue weighted by Crippen LogP contribution is 2.28. The van der Waals surface area contributed by atoms with Gasteiger partial charge in [-0.25, -0.2) is 8.42 Å². The van der Waals surface area contributed by atoms with Gasteiger partial charge in [-0.3, -0.25) is 4.68 Å². The van der Waals surface area contributed by atoms with Gasteiger partial charge in [0.25, 0.3) is 0 Å². The van der Waals surface area contributed by atoms with Crippen molar-refractivity contribution in [1.82, 2.24) is 15.1 Å². The molecule has 1 N–H and O–H groups in total. The van der Waals surface area contributed by atoms with Crippen molar-refractivity contribution in [1.29, 1.82) is 0 Å². The van der Waals surface area contributed by atoms with E-state index >= 15 is 0 Å². The summed E-state index contributed by atoms with van der Waals surface area (Å²) in [7, 11) is 0.211. The molecular formula is C11H20BrN3O3S. The van der Waals surface area contributed by atoms with Crippen LogP contribution in [0.4, 0.5) is 0 Å². The predicted molar refractivity (Wildman–Crippen MR) is 77.9 cm³/mol. The zero-order valence-electron chi connectivity index (χ0n) is 11.6. The maximum atomic E-state index is 11.8. The minimum atomic E-state index is -3.15. The van der Waals surface area contributed by atoms with Crippen molar-refractivity contribution >= 4 is 25.8 Å². The van der Waals surface area contributed by atoms with E-state index < -0.39 is 15.1 Å². The Morgan fingerprint density at radius 2 is 2.21 bits per heavy atom. The number of nitrogens with one attached hydrogen (secondary N) is 1. The SMILES string of the molecule is CNC(c1c(Br)cnn1CCOC)C(C)S(C)(=O)=O. The Bertz CT molecular complexity index is 515. The van der Waals surface area contributed by atoms with Crippen LogP contribution in [-0.4, -0.2) is 50.5 Å². The molecule has 0 aliphatic heterocycles. The number of nitrogens with zero attached hydrogens (tertiary/aromatic N) is 2. The molecular weight excluding hydrogens is 334 g/mol. The van der Waals surface area contributed by atoms with E-state index in [0.717, 1.165) is 10.2 Å². The smallest absolute Gasteiger partial charge is 0.151 e. The third kappa shape index (κ3) is 4.01. The Morgan fingerprint density at radius 3 is 2.68 bits per heavy atom. The number of sulfone groups is 1. The molecule has 1 aromatic rings. The molecule has 1 rings (SSSR count). The Morgan fingerprint density at radius 1 is 1.58 bits per heavy atom. The molecule has 0 saturated carbocycles. The van der Waals surface area contributed by atoms with E-state index in [4.69, 9.17) is 4.74 Å². The fourth-order valence-corrected chi connectivity index (χ4v) is 3.18. The highest BCUT2D eigenvalue weighted by molar-refractivity contribution is 9.10. The maximum Gasteiger partial charge on any atom is 0.151 e. The van der Waals surface area contributed by atoms with E-state index in [1.807, 2.05) is 0 Å². The van der Waals surface area contributed by atoms with Gasteiger partial charge in [-0.15, -0.1) is 0 Å². The Kier molecular flexibility index (Phi) is 5.97. The summed E-state index contributed by atoms with van der Waals surface area (Å²) in [5.41, 5.74) is 0.817. The molecule has 0 spiro atoms. The van der Waals surface area contributed by atoms with Crippen LogP contribution in [0.1, 0.15) is 18.7 Å². The first-order valence-electron chi connectivity index (χ1n) is 5.89. The maximum absolute atomic E-state index is 11.8. The predicted octanol–water partition coefficient (Wildman–Crippen LogP) is 0.986. The van der Waals surface area contributed by atoms with Gasteiger partial charge in [0.2, 0.25) is 0 Å². The van der Waals surface area contributed by atoms with E-state index in [1.165, 1.54) is 6.26 Å². The lowest BCUT2D eigenvalue weighted by atomic mass is 10.1. The number of aromatic nitrogens is 2. The summed E-state index contributed by atoms with van der Waals surface area (Å²) in [4.78, 5) is 0. The first-order valence-corrected chi connectivity index (χ1v) is 8.64. The molecule has 0 aliphatic carbocycles. The van der Waals surface area contributed by atoms with Crippen LogP contribution in [0.3, 0.4) is 0 Å². The summed E-state index contributed by atoms with van der Waals surface area (Å²) < 4.78 is 31.1. The van der Waals surface area contributed by atoms with Crippen molar-refractivity contribution in [2.45, 2.75) is 24.8 Å². The molecule has 8 heteroatoms. The van der Waals surface area contributed by atoms with Crippen LogP contribution in [0.15, 0.2) is 10.7 Å². The summed E-state index contributed by atoms with van der Waals surface area (Å²) in [5, 5.41) is 6.75. The highest BCUT2D eigenvalue weighted by atomic mass is 79.9. The zero-order valence-corrected chi connectivity index (χ0v) is 14.0. The average Bonchev–Trinajstić information content (AvgIpc) is 2.69. The summed E-state index contributed by atoms with van der Waals surface area (Å²) in [6.45, 7) is 2.79. The molecule has 0 fully saturated rings. The molecule has 6 nitrogen and oxygen atoms in total. The Labute approximate surface area is 122 Å². The largest absolute Gasteiger partial charge is 0.383 e. The first-order chi connectivity index (χ1) is 8.82. The second-order valence-electron chi connectivity index (χ2n) is 4.39. The number of hydrogen-bond donors (Lipinski definition) is 1. The molecule has 110 valence electrons. The van der Waals surface area contributed by atoms with Crippen LogP contribution >= 0.6 is 15.9 Å². The average molecular weight is 354 g/mol. The number of halogens is 1. The number of hydrogen-bond acceptors (Lipinski definition) is 5. The molecule has 2 unspecified atom stereocenters.